The van der Waals surface area contributed by atoms with Gasteiger partial charge in [-0.1, -0.05) is 37.3 Å². The third-order valence-electron chi connectivity index (χ3n) is 3.79. The van der Waals surface area contributed by atoms with Gasteiger partial charge in [0.1, 0.15) is 5.01 Å². The Morgan fingerprint density at radius 2 is 2.00 bits per heavy atom. The summed E-state index contributed by atoms with van der Waals surface area (Å²) in [6.45, 7) is 5.85. The van der Waals surface area contributed by atoms with Crippen molar-refractivity contribution >= 4 is 17.4 Å². The average Bonchev–Trinajstić information content (AvgIpc) is 2.99. The predicted octanol–water partition coefficient (Wildman–Crippen LogP) is 3.71. The highest BCUT2D eigenvalue weighted by molar-refractivity contribution is 7.09. The third-order valence-corrected chi connectivity index (χ3v) is 4.86. The maximum absolute atomic E-state index is 12.2. The number of hydrogen-bond acceptors (Lipinski definition) is 4. The number of carbonyl (C=O) groups excluding carboxylic acids is 1. The maximum atomic E-state index is 12.2. The standard InChI is InChI=1S/C18H25N3O2S/c1-4-15(17-19-13(3)11-24-17)21-18(23)20-12(2)10-16(22)14-8-6-5-7-9-14/h5-9,11-12,15-16,22H,4,10H2,1-3H3,(H2,20,21,23). The van der Waals surface area contributed by atoms with Crippen LogP contribution in [0.1, 0.15) is 55.1 Å². The van der Waals surface area contributed by atoms with Crippen LogP contribution in [0.5, 0.6) is 0 Å². The first kappa shape index (κ1) is 18.4. The first-order chi connectivity index (χ1) is 11.5. The van der Waals surface area contributed by atoms with Crippen molar-refractivity contribution < 1.29 is 9.90 Å². The van der Waals surface area contributed by atoms with Gasteiger partial charge in [-0.05, 0) is 32.3 Å². The highest BCUT2D eigenvalue weighted by Gasteiger charge is 2.18. The number of urea groups is 1. The van der Waals surface area contributed by atoms with E-state index in [1.54, 1.807) is 11.3 Å². The second-order valence-electron chi connectivity index (χ2n) is 5.97. The molecule has 6 heteroatoms. The Morgan fingerprint density at radius 3 is 2.58 bits per heavy atom. The molecule has 2 aromatic rings. The number of nitrogens with zero attached hydrogens (tertiary/aromatic N) is 1. The lowest BCUT2D eigenvalue weighted by Crippen LogP contribution is -2.42. The summed E-state index contributed by atoms with van der Waals surface area (Å²) >= 11 is 1.56. The topological polar surface area (TPSA) is 74.2 Å². The smallest absolute Gasteiger partial charge is 0.315 e. The van der Waals surface area contributed by atoms with E-state index in [1.807, 2.05) is 56.5 Å². The van der Waals surface area contributed by atoms with E-state index in [1.165, 1.54) is 0 Å². The predicted molar refractivity (Wildman–Crippen MR) is 97.0 cm³/mol. The second kappa shape index (κ2) is 8.80. The molecule has 5 nitrogen and oxygen atoms in total. The number of aryl methyl sites for hydroxylation is 1. The molecule has 24 heavy (non-hydrogen) atoms. The Labute approximate surface area is 147 Å². The number of amides is 2. The summed E-state index contributed by atoms with van der Waals surface area (Å²) < 4.78 is 0. The first-order valence-corrected chi connectivity index (χ1v) is 9.09. The molecular formula is C18H25N3O2S. The van der Waals surface area contributed by atoms with Gasteiger partial charge in [0.2, 0.25) is 0 Å². The van der Waals surface area contributed by atoms with Crippen LogP contribution >= 0.6 is 11.3 Å². The van der Waals surface area contributed by atoms with Crippen molar-refractivity contribution in [3.63, 3.8) is 0 Å². The van der Waals surface area contributed by atoms with Crippen LogP contribution < -0.4 is 10.6 Å². The zero-order chi connectivity index (χ0) is 17.5. The molecule has 0 radical (unpaired) electrons. The largest absolute Gasteiger partial charge is 0.388 e. The van der Waals surface area contributed by atoms with Crippen LogP contribution in [0.25, 0.3) is 0 Å². The minimum Gasteiger partial charge on any atom is -0.388 e. The molecule has 0 saturated heterocycles. The molecule has 1 heterocycles. The summed E-state index contributed by atoms with van der Waals surface area (Å²) in [4.78, 5) is 16.6. The van der Waals surface area contributed by atoms with Gasteiger partial charge in [-0.25, -0.2) is 9.78 Å². The SMILES string of the molecule is CCC(NC(=O)NC(C)CC(O)c1ccccc1)c1nc(C)cs1. The summed E-state index contributed by atoms with van der Waals surface area (Å²) in [5, 5.41) is 19.0. The number of hydrogen-bond donors (Lipinski definition) is 3. The van der Waals surface area contributed by atoms with Gasteiger partial charge in [0.25, 0.3) is 0 Å². The van der Waals surface area contributed by atoms with Crippen molar-refractivity contribution in [2.24, 2.45) is 0 Å². The number of nitrogens with one attached hydrogen (secondary N) is 2. The quantitative estimate of drug-likeness (QED) is 0.715. The molecule has 1 aromatic carbocycles. The monoisotopic (exact) mass is 347 g/mol. The molecule has 3 unspecified atom stereocenters. The molecule has 0 aliphatic rings. The van der Waals surface area contributed by atoms with E-state index in [-0.39, 0.29) is 18.1 Å². The molecule has 3 atom stereocenters. The normalized spacial score (nSPS) is 14.7. The highest BCUT2D eigenvalue weighted by Crippen LogP contribution is 2.21. The fourth-order valence-electron chi connectivity index (χ4n) is 2.50. The summed E-state index contributed by atoms with van der Waals surface area (Å²) in [6.07, 6.45) is 0.650. The van der Waals surface area contributed by atoms with Crippen molar-refractivity contribution in [2.75, 3.05) is 0 Å². The van der Waals surface area contributed by atoms with Crippen molar-refractivity contribution in [2.45, 2.75) is 51.8 Å². The molecule has 0 aliphatic carbocycles. The fraction of sp³-hybridized carbons (Fsp3) is 0.444. The van der Waals surface area contributed by atoms with Crippen LogP contribution in [0.15, 0.2) is 35.7 Å². The van der Waals surface area contributed by atoms with Crippen molar-refractivity contribution in [1.29, 1.82) is 0 Å². The molecule has 1 aromatic heterocycles. The van der Waals surface area contributed by atoms with Crippen LogP contribution in [-0.4, -0.2) is 22.2 Å². The van der Waals surface area contributed by atoms with Crippen molar-refractivity contribution in [3.8, 4) is 0 Å². The lowest BCUT2D eigenvalue weighted by Gasteiger charge is -2.21. The Bertz CT molecular complexity index is 645. The second-order valence-corrected chi connectivity index (χ2v) is 6.86. The van der Waals surface area contributed by atoms with E-state index in [2.05, 4.69) is 15.6 Å². The van der Waals surface area contributed by atoms with Gasteiger partial charge in [-0.3, -0.25) is 0 Å². The molecule has 0 bridgehead atoms. The van der Waals surface area contributed by atoms with Gasteiger partial charge in [0.15, 0.2) is 0 Å². The summed E-state index contributed by atoms with van der Waals surface area (Å²) in [6, 6.07) is 9.01. The number of aliphatic hydroxyl groups excluding tert-OH is 1. The van der Waals surface area contributed by atoms with Crippen molar-refractivity contribution in [1.82, 2.24) is 15.6 Å². The minimum absolute atomic E-state index is 0.0880. The van der Waals surface area contributed by atoms with Crippen LogP contribution in [0.3, 0.4) is 0 Å². The maximum Gasteiger partial charge on any atom is 0.315 e. The Kier molecular flexibility index (Phi) is 6.75. The number of carbonyl (C=O) groups is 1. The van der Waals surface area contributed by atoms with E-state index in [0.29, 0.717) is 6.42 Å². The van der Waals surface area contributed by atoms with Gasteiger partial charge in [-0.2, -0.15) is 0 Å². The van der Waals surface area contributed by atoms with E-state index in [9.17, 15) is 9.90 Å². The molecular weight excluding hydrogens is 322 g/mol. The highest BCUT2D eigenvalue weighted by atomic mass is 32.1. The molecule has 2 amide bonds. The molecule has 3 N–H and O–H groups in total. The first-order valence-electron chi connectivity index (χ1n) is 8.21. The lowest BCUT2D eigenvalue weighted by molar-refractivity contribution is 0.154. The van der Waals surface area contributed by atoms with E-state index in [0.717, 1.165) is 22.7 Å². The number of aliphatic hydroxyl groups is 1. The molecule has 0 aliphatic heterocycles. The van der Waals surface area contributed by atoms with Gasteiger partial charge in [0, 0.05) is 17.1 Å². The Morgan fingerprint density at radius 1 is 1.29 bits per heavy atom. The average molecular weight is 347 g/mol. The van der Waals surface area contributed by atoms with Crippen LogP contribution in [0, 0.1) is 6.92 Å². The van der Waals surface area contributed by atoms with E-state index in [4.69, 9.17) is 0 Å². The fourth-order valence-corrected chi connectivity index (χ4v) is 3.43. The van der Waals surface area contributed by atoms with Crippen LogP contribution in [0.4, 0.5) is 4.79 Å². The summed E-state index contributed by atoms with van der Waals surface area (Å²) in [5.41, 5.74) is 1.83. The van der Waals surface area contributed by atoms with Gasteiger partial charge in [-0.15, -0.1) is 11.3 Å². The molecule has 0 spiro atoms. The Balaban J connectivity index is 1.84. The molecule has 130 valence electrons. The van der Waals surface area contributed by atoms with E-state index >= 15 is 0 Å². The van der Waals surface area contributed by atoms with Gasteiger partial charge < -0.3 is 15.7 Å². The minimum atomic E-state index is -0.593. The van der Waals surface area contributed by atoms with Crippen molar-refractivity contribution in [3.05, 3.63) is 52.0 Å². The number of benzene rings is 1. The number of thiazole rings is 1. The number of rotatable bonds is 7. The van der Waals surface area contributed by atoms with Crippen LogP contribution in [0.2, 0.25) is 0 Å². The van der Waals surface area contributed by atoms with Gasteiger partial charge >= 0.3 is 6.03 Å². The molecule has 2 rings (SSSR count). The summed E-state index contributed by atoms with van der Waals surface area (Å²) in [7, 11) is 0. The van der Waals surface area contributed by atoms with Crippen LogP contribution in [-0.2, 0) is 0 Å². The van der Waals surface area contributed by atoms with E-state index < -0.39 is 6.10 Å². The molecule has 0 saturated carbocycles. The zero-order valence-corrected chi connectivity index (χ0v) is 15.1. The molecule has 0 fully saturated rings. The third kappa shape index (κ3) is 5.32. The zero-order valence-electron chi connectivity index (χ0n) is 14.3. The number of aromatic nitrogens is 1. The lowest BCUT2D eigenvalue weighted by atomic mass is 10.0. The summed E-state index contributed by atoms with van der Waals surface area (Å²) in [5.74, 6) is 0. The van der Waals surface area contributed by atoms with Gasteiger partial charge in [0.05, 0.1) is 12.1 Å². The Hall–Kier alpha value is -1.92.